The SMILES string of the molecule is CCCCCCCCCCCCCCCCCNC(=O)OC1CCCOC1COC(=O)N(Cc1cccc[n+]1CC)C(C)=O. The normalized spacial score (nSPS) is 16.3. The Balaban J connectivity index is 1.57. The number of amides is 3. The molecule has 1 aliphatic rings. The maximum Gasteiger partial charge on any atom is 0.417 e. The predicted octanol–water partition coefficient (Wildman–Crippen LogP) is 7.62. The Labute approximate surface area is 266 Å². The maximum atomic E-state index is 12.8. The van der Waals surface area contributed by atoms with Crippen LogP contribution in [0.2, 0.25) is 0 Å². The summed E-state index contributed by atoms with van der Waals surface area (Å²) < 4.78 is 18.9. The number of rotatable bonds is 22. The molecule has 3 amide bonds. The van der Waals surface area contributed by atoms with Crippen molar-refractivity contribution in [2.24, 2.45) is 0 Å². The van der Waals surface area contributed by atoms with Crippen LogP contribution in [0.25, 0.3) is 0 Å². The highest BCUT2D eigenvalue weighted by Gasteiger charge is 2.32. The summed E-state index contributed by atoms with van der Waals surface area (Å²) in [7, 11) is 0. The number of hydrogen-bond acceptors (Lipinski definition) is 6. The molecule has 250 valence electrons. The molecule has 1 aliphatic heterocycles. The highest BCUT2D eigenvalue weighted by molar-refractivity contribution is 5.90. The molecule has 0 radical (unpaired) electrons. The lowest BCUT2D eigenvalue weighted by atomic mass is 10.0. The molecular formula is C35H60N3O6+. The molecule has 1 saturated heterocycles. The lowest BCUT2D eigenvalue weighted by molar-refractivity contribution is -0.701. The number of aromatic nitrogens is 1. The second-order valence-corrected chi connectivity index (χ2v) is 12.0. The van der Waals surface area contributed by atoms with E-state index in [4.69, 9.17) is 14.2 Å². The van der Waals surface area contributed by atoms with Gasteiger partial charge in [-0.05, 0) is 26.2 Å². The Morgan fingerprint density at radius 2 is 1.52 bits per heavy atom. The molecular weight excluding hydrogens is 558 g/mol. The molecule has 1 aromatic heterocycles. The minimum Gasteiger partial charge on any atom is -0.446 e. The van der Waals surface area contributed by atoms with Gasteiger partial charge in [0.1, 0.15) is 31.9 Å². The molecule has 1 aromatic rings. The van der Waals surface area contributed by atoms with Crippen LogP contribution in [0.3, 0.4) is 0 Å². The first-order valence-electron chi connectivity index (χ1n) is 17.4. The number of imide groups is 1. The topological polar surface area (TPSA) is 98.1 Å². The summed E-state index contributed by atoms with van der Waals surface area (Å²) in [6.45, 7) is 7.41. The van der Waals surface area contributed by atoms with Crippen molar-refractivity contribution in [3.05, 3.63) is 30.1 Å². The second kappa shape index (κ2) is 23.7. The van der Waals surface area contributed by atoms with Crippen molar-refractivity contribution < 1.29 is 33.2 Å². The van der Waals surface area contributed by atoms with E-state index in [1.165, 1.54) is 90.4 Å². The fourth-order valence-electron chi connectivity index (χ4n) is 5.63. The van der Waals surface area contributed by atoms with Crippen LogP contribution in [-0.4, -0.2) is 55.0 Å². The van der Waals surface area contributed by atoms with Crippen LogP contribution in [0.4, 0.5) is 9.59 Å². The quantitative estimate of drug-likeness (QED) is 0.106. The van der Waals surface area contributed by atoms with Gasteiger partial charge >= 0.3 is 12.2 Å². The standard InChI is InChI=1S/C35H59N3O6/c1-4-6-7-8-9-10-11-12-13-14-15-16-17-18-20-25-36-34(40)44-32-24-22-27-42-33(32)29-43-35(41)38(30(3)39)28-31-23-19-21-26-37(31)5-2/h19,21,23,26,32-33H,4-18,20,22,24-25,27-29H2,1-3H3/p+1. The van der Waals surface area contributed by atoms with Crippen molar-refractivity contribution in [1.29, 1.82) is 0 Å². The molecule has 0 aromatic carbocycles. The van der Waals surface area contributed by atoms with Crippen molar-refractivity contribution in [3.63, 3.8) is 0 Å². The number of alkyl carbamates (subject to hydrolysis) is 1. The summed E-state index contributed by atoms with van der Waals surface area (Å²) in [5.41, 5.74) is 0.822. The molecule has 0 spiro atoms. The summed E-state index contributed by atoms with van der Waals surface area (Å²) in [6.07, 6.45) is 20.5. The van der Waals surface area contributed by atoms with Gasteiger partial charge in [-0.2, -0.15) is 0 Å². The highest BCUT2D eigenvalue weighted by atomic mass is 16.6. The van der Waals surface area contributed by atoms with E-state index in [0.717, 1.165) is 29.9 Å². The fraction of sp³-hybridized carbons (Fsp3) is 0.771. The Morgan fingerprint density at radius 1 is 0.909 bits per heavy atom. The first kappa shape index (κ1) is 37.5. The molecule has 1 N–H and O–H groups in total. The monoisotopic (exact) mass is 618 g/mol. The molecule has 44 heavy (non-hydrogen) atoms. The molecule has 2 rings (SSSR count). The van der Waals surface area contributed by atoms with Gasteiger partial charge in [0, 0.05) is 32.2 Å². The van der Waals surface area contributed by atoms with Crippen LogP contribution in [-0.2, 0) is 32.1 Å². The molecule has 2 heterocycles. The van der Waals surface area contributed by atoms with Gasteiger partial charge in [0.2, 0.25) is 11.6 Å². The largest absolute Gasteiger partial charge is 0.446 e. The summed E-state index contributed by atoms with van der Waals surface area (Å²) in [4.78, 5) is 38.6. The molecule has 9 heteroatoms. The number of aryl methyl sites for hydroxylation is 1. The lowest BCUT2D eigenvalue weighted by Gasteiger charge is -2.31. The van der Waals surface area contributed by atoms with Crippen LogP contribution in [0.1, 0.15) is 136 Å². The number of pyridine rings is 1. The number of carbonyl (C=O) groups is 3. The van der Waals surface area contributed by atoms with Crippen molar-refractivity contribution in [2.75, 3.05) is 19.8 Å². The molecule has 0 bridgehead atoms. The van der Waals surface area contributed by atoms with Crippen molar-refractivity contribution in [2.45, 2.75) is 155 Å². The van der Waals surface area contributed by atoms with Crippen LogP contribution in [0.15, 0.2) is 24.4 Å². The summed E-state index contributed by atoms with van der Waals surface area (Å²) in [5.74, 6) is -0.406. The average Bonchev–Trinajstić information content (AvgIpc) is 3.02. The Morgan fingerprint density at radius 3 is 2.11 bits per heavy atom. The lowest BCUT2D eigenvalue weighted by Crippen LogP contribution is -2.46. The second-order valence-electron chi connectivity index (χ2n) is 12.0. The fourth-order valence-corrected chi connectivity index (χ4v) is 5.63. The van der Waals surface area contributed by atoms with Gasteiger partial charge in [-0.25, -0.2) is 19.1 Å². The van der Waals surface area contributed by atoms with E-state index in [1.54, 1.807) is 0 Å². The highest BCUT2D eigenvalue weighted by Crippen LogP contribution is 2.19. The van der Waals surface area contributed by atoms with Crippen molar-refractivity contribution in [3.8, 4) is 0 Å². The Hall–Kier alpha value is -2.68. The maximum absolute atomic E-state index is 12.8. The average molecular weight is 619 g/mol. The van der Waals surface area contributed by atoms with Crippen molar-refractivity contribution in [1.82, 2.24) is 10.2 Å². The van der Waals surface area contributed by atoms with E-state index < -0.39 is 30.3 Å². The Kier molecular flexibility index (Phi) is 20.2. The summed E-state index contributed by atoms with van der Waals surface area (Å²) >= 11 is 0. The van der Waals surface area contributed by atoms with Gasteiger partial charge in [-0.3, -0.25) is 4.79 Å². The summed E-state index contributed by atoms with van der Waals surface area (Å²) in [6, 6.07) is 5.65. The van der Waals surface area contributed by atoms with Gasteiger partial charge in [0.05, 0.1) is 0 Å². The number of nitrogens with one attached hydrogen (secondary N) is 1. The van der Waals surface area contributed by atoms with Gasteiger partial charge in [0.25, 0.3) is 0 Å². The first-order valence-corrected chi connectivity index (χ1v) is 17.4. The minimum absolute atomic E-state index is 0.0951. The molecule has 2 atom stereocenters. The van der Waals surface area contributed by atoms with Crippen LogP contribution < -0.4 is 9.88 Å². The zero-order chi connectivity index (χ0) is 31.8. The zero-order valence-corrected chi connectivity index (χ0v) is 27.9. The first-order chi connectivity index (χ1) is 21.5. The summed E-state index contributed by atoms with van der Waals surface area (Å²) in [5, 5.41) is 2.85. The van der Waals surface area contributed by atoms with Gasteiger partial charge in [-0.15, -0.1) is 0 Å². The number of nitrogens with zero attached hydrogens (tertiary/aromatic N) is 2. The van der Waals surface area contributed by atoms with E-state index in [2.05, 4.69) is 12.2 Å². The number of hydrogen-bond donors (Lipinski definition) is 1. The third-order valence-corrected chi connectivity index (χ3v) is 8.35. The van der Waals surface area contributed by atoms with Crippen LogP contribution in [0.5, 0.6) is 0 Å². The van der Waals surface area contributed by atoms with E-state index in [1.807, 2.05) is 35.9 Å². The molecule has 0 aliphatic carbocycles. The molecule has 2 unspecified atom stereocenters. The van der Waals surface area contributed by atoms with E-state index >= 15 is 0 Å². The minimum atomic E-state index is -0.741. The van der Waals surface area contributed by atoms with E-state index in [9.17, 15) is 14.4 Å². The number of carbonyl (C=O) groups excluding carboxylic acids is 3. The van der Waals surface area contributed by atoms with Gasteiger partial charge in [-0.1, -0.05) is 103 Å². The van der Waals surface area contributed by atoms with Crippen molar-refractivity contribution >= 4 is 18.1 Å². The zero-order valence-electron chi connectivity index (χ0n) is 27.9. The molecule has 1 fully saturated rings. The Bertz CT molecular complexity index is 943. The van der Waals surface area contributed by atoms with Crippen LogP contribution in [0, 0.1) is 0 Å². The predicted molar refractivity (Wildman–Crippen MR) is 172 cm³/mol. The van der Waals surface area contributed by atoms with E-state index in [-0.39, 0.29) is 13.2 Å². The smallest absolute Gasteiger partial charge is 0.417 e. The third-order valence-electron chi connectivity index (χ3n) is 8.35. The molecule has 9 nitrogen and oxygen atoms in total. The third kappa shape index (κ3) is 15.9. The number of ether oxygens (including phenoxy) is 3. The van der Waals surface area contributed by atoms with Gasteiger partial charge < -0.3 is 19.5 Å². The number of unbranched alkanes of at least 4 members (excludes halogenated alkanes) is 14. The van der Waals surface area contributed by atoms with Gasteiger partial charge in [0.15, 0.2) is 6.20 Å². The van der Waals surface area contributed by atoms with Crippen LogP contribution >= 0.6 is 0 Å². The molecule has 0 saturated carbocycles. The van der Waals surface area contributed by atoms with E-state index in [0.29, 0.717) is 26.1 Å².